The van der Waals surface area contributed by atoms with Crippen molar-refractivity contribution in [1.82, 2.24) is 0 Å². The summed E-state index contributed by atoms with van der Waals surface area (Å²) in [6.45, 7) is 5.17. The van der Waals surface area contributed by atoms with Gasteiger partial charge in [-0.3, -0.25) is 0 Å². The Hall–Kier alpha value is -1.09. The molecule has 0 aromatic heterocycles. The van der Waals surface area contributed by atoms with Crippen LogP contribution in [0.25, 0.3) is 0 Å². The molecule has 3 aliphatic rings. The largest absolute Gasteiger partial charge is 0.485 e. The van der Waals surface area contributed by atoms with E-state index in [4.69, 9.17) is 9.47 Å². The topological polar surface area (TPSA) is 18.5 Å². The average molecular weight is 431 g/mol. The van der Waals surface area contributed by atoms with Crippen molar-refractivity contribution >= 4 is 0 Å². The normalized spacial score (nSPS) is 31.1. The van der Waals surface area contributed by atoms with Crippen LogP contribution in [0.3, 0.4) is 0 Å². The van der Waals surface area contributed by atoms with Gasteiger partial charge in [-0.2, -0.15) is 0 Å². The maximum absolute atomic E-state index is 15.0. The van der Waals surface area contributed by atoms with Gasteiger partial charge in [-0.1, -0.05) is 45.6 Å². The van der Waals surface area contributed by atoms with Crippen molar-refractivity contribution in [3.63, 3.8) is 0 Å². The Morgan fingerprint density at radius 2 is 1.68 bits per heavy atom. The number of hydrogen-bond donors (Lipinski definition) is 0. The number of rotatable bonds is 8. The number of hydrogen-bond acceptors (Lipinski definition) is 2. The van der Waals surface area contributed by atoms with Crippen molar-refractivity contribution in [3.8, 4) is 5.75 Å². The van der Waals surface area contributed by atoms with E-state index < -0.39 is 0 Å². The van der Waals surface area contributed by atoms with E-state index in [1.54, 1.807) is 6.07 Å². The molecule has 1 unspecified atom stereocenters. The maximum Gasteiger partial charge on any atom is 0.165 e. The van der Waals surface area contributed by atoms with Crippen LogP contribution in [-0.2, 0) is 11.2 Å². The minimum Gasteiger partial charge on any atom is -0.485 e. The summed E-state index contributed by atoms with van der Waals surface area (Å²) < 4.78 is 27.3. The molecule has 1 aromatic carbocycles. The number of unbranched alkanes of at least 4 members (excludes halogenated alkanes) is 1. The SMILES string of the molecule is CCCCC1CCC(OCC2CCc3cc(C4CCC(CC)CC4)cc(F)c3O2)CC1. The second kappa shape index (κ2) is 11.2. The van der Waals surface area contributed by atoms with Crippen molar-refractivity contribution in [2.75, 3.05) is 6.61 Å². The highest BCUT2D eigenvalue weighted by Crippen LogP contribution is 2.40. The summed E-state index contributed by atoms with van der Waals surface area (Å²) in [7, 11) is 0. The fraction of sp³-hybridized carbons (Fsp3) is 0.786. The summed E-state index contributed by atoms with van der Waals surface area (Å²) in [6, 6.07) is 4.00. The molecule has 1 heterocycles. The third-order valence-electron chi connectivity index (χ3n) is 8.34. The van der Waals surface area contributed by atoms with Gasteiger partial charge in [0.25, 0.3) is 0 Å². The summed E-state index contributed by atoms with van der Waals surface area (Å²) in [5, 5.41) is 0. The van der Waals surface area contributed by atoms with Crippen molar-refractivity contribution in [1.29, 1.82) is 0 Å². The van der Waals surface area contributed by atoms with Crippen molar-refractivity contribution in [3.05, 3.63) is 29.1 Å². The van der Waals surface area contributed by atoms with Crippen LogP contribution in [0.5, 0.6) is 5.75 Å². The number of fused-ring (bicyclic) bond motifs is 1. The molecule has 0 amide bonds. The molecule has 0 saturated heterocycles. The Morgan fingerprint density at radius 1 is 0.935 bits per heavy atom. The van der Waals surface area contributed by atoms with E-state index in [0.717, 1.165) is 30.2 Å². The fourth-order valence-electron chi connectivity index (χ4n) is 6.11. The second-order valence-corrected chi connectivity index (χ2v) is 10.5. The van der Waals surface area contributed by atoms with E-state index in [0.29, 0.717) is 24.4 Å². The first kappa shape index (κ1) is 23.1. The molecule has 174 valence electrons. The Kier molecular flexibility index (Phi) is 8.31. The lowest BCUT2D eigenvalue weighted by Crippen LogP contribution is -2.32. The Balaban J connectivity index is 1.26. The molecule has 0 bridgehead atoms. The molecule has 31 heavy (non-hydrogen) atoms. The molecular formula is C28H43FO2. The van der Waals surface area contributed by atoms with Gasteiger partial charge in [0.2, 0.25) is 0 Å². The molecule has 4 rings (SSSR count). The van der Waals surface area contributed by atoms with Crippen molar-refractivity contribution in [2.45, 2.75) is 122 Å². The predicted molar refractivity (Wildman–Crippen MR) is 125 cm³/mol. The summed E-state index contributed by atoms with van der Waals surface area (Å²) in [5.41, 5.74) is 2.27. The van der Waals surface area contributed by atoms with E-state index in [9.17, 15) is 4.39 Å². The molecule has 1 atom stereocenters. The van der Waals surface area contributed by atoms with Gasteiger partial charge < -0.3 is 9.47 Å². The van der Waals surface area contributed by atoms with Gasteiger partial charge in [-0.05, 0) is 99.2 Å². The number of aryl methyl sites for hydroxylation is 1. The highest BCUT2D eigenvalue weighted by molar-refractivity contribution is 5.41. The zero-order valence-corrected chi connectivity index (χ0v) is 19.8. The summed E-state index contributed by atoms with van der Waals surface area (Å²) in [5.74, 6) is 2.63. The molecule has 0 spiro atoms. The molecule has 2 fully saturated rings. The van der Waals surface area contributed by atoms with Gasteiger partial charge >= 0.3 is 0 Å². The predicted octanol–water partition coefficient (Wildman–Crippen LogP) is 7.97. The second-order valence-electron chi connectivity index (χ2n) is 10.5. The van der Waals surface area contributed by atoms with Crippen LogP contribution in [0.15, 0.2) is 12.1 Å². The van der Waals surface area contributed by atoms with Crippen LogP contribution in [0.1, 0.15) is 114 Å². The molecule has 1 aromatic rings. The molecule has 3 heteroatoms. The molecule has 2 nitrogen and oxygen atoms in total. The first-order valence-electron chi connectivity index (χ1n) is 13.3. The van der Waals surface area contributed by atoms with Crippen LogP contribution in [0.4, 0.5) is 4.39 Å². The molecule has 1 aliphatic heterocycles. The minimum absolute atomic E-state index is 0.00865. The number of halogens is 1. The summed E-state index contributed by atoms with van der Waals surface area (Å²) >= 11 is 0. The number of ether oxygens (including phenoxy) is 2. The van der Waals surface area contributed by atoms with Gasteiger partial charge in [0, 0.05) is 0 Å². The summed E-state index contributed by atoms with van der Waals surface area (Å²) in [4.78, 5) is 0. The smallest absolute Gasteiger partial charge is 0.165 e. The van der Waals surface area contributed by atoms with Gasteiger partial charge in [0.05, 0.1) is 12.7 Å². The molecule has 2 aliphatic carbocycles. The van der Waals surface area contributed by atoms with Crippen LogP contribution < -0.4 is 4.74 Å². The number of benzene rings is 1. The van der Waals surface area contributed by atoms with E-state index in [-0.39, 0.29) is 11.9 Å². The lowest BCUT2D eigenvalue weighted by molar-refractivity contribution is -0.0283. The third kappa shape index (κ3) is 6.03. The Bertz CT molecular complexity index is 686. The van der Waals surface area contributed by atoms with Gasteiger partial charge in [0.1, 0.15) is 6.10 Å². The Morgan fingerprint density at radius 3 is 2.39 bits per heavy atom. The molecule has 0 radical (unpaired) electrons. The molecule has 2 saturated carbocycles. The lowest BCUT2D eigenvalue weighted by atomic mass is 9.77. The standard InChI is InChI=1S/C28H43FO2/c1-3-5-6-21-9-14-25(15-10-21)30-19-26-16-13-23-17-24(18-27(29)28(23)31-26)22-11-7-20(4-2)8-12-22/h17-18,20-22,25-26H,3-16,19H2,1-2H3. The van der Waals surface area contributed by atoms with Crippen LogP contribution >= 0.6 is 0 Å². The maximum atomic E-state index is 15.0. The van der Waals surface area contributed by atoms with Gasteiger partial charge in [0.15, 0.2) is 11.6 Å². The minimum atomic E-state index is -0.161. The fourth-order valence-corrected chi connectivity index (χ4v) is 6.11. The van der Waals surface area contributed by atoms with E-state index in [1.807, 2.05) is 0 Å². The van der Waals surface area contributed by atoms with Crippen LogP contribution in [-0.4, -0.2) is 18.8 Å². The van der Waals surface area contributed by atoms with Crippen LogP contribution in [0.2, 0.25) is 0 Å². The van der Waals surface area contributed by atoms with E-state index in [2.05, 4.69) is 19.9 Å². The first-order chi connectivity index (χ1) is 15.2. The van der Waals surface area contributed by atoms with Crippen molar-refractivity contribution in [2.24, 2.45) is 11.8 Å². The third-order valence-corrected chi connectivity index (χ3v) is 8.34. The van der Waals surface area contributed by atoms with Gasteiger partial charge in [-0.25, -0.2) is 4.39 Å². The molecule has 0 N–H and O–H groups in total. The highest BCUT2D eigenvalue weighted by atomic mass is 19.1. The van der Waals surface area contributed by atoms with Crippen molar-refractivity contribution < 1.29 is 13.9 Å². The van der Waals surface area contributed by atoms with Crippen LogP contribution in [0, 0.1) is 17.7 Å². The molecular weight excluding hydrogens is 387 g/mol. The summed E-state index contributed by atoms with van der Waals surface area (Å²) in [6.07, 6.45) is 17.5. The van der Waals surface area contributed by atoms with Gasteiger partial charge in [-0.15, -0.1) is 0 Å². The average Bonchev–Trinajstić information content (AvgIpc) is 2.82. The first-order valence-corrected chi connectivity index (χ1v) is 13.3. The van der Waals surface area contributed by atoms with E-state index >= 15 is 0 Å². The zero-order chi connectivity index (χ0) is 21.6. The highest BCUT2D eigenvalue weighted by Gasteiger charge is 2.28. The monoisotopic (exact) mass is 430 g/mol. The zero-order valence-electron chi connectivity index (χ0n) is 19.8. The lowest BCUT2D eigenvalue weighted by Gasteiger charge is -2.32. The Labute approximate surface area is 189 Å². The quantitative estimate of drug-likeness (QED) is 0.416. The van der Waals surface area contributed by atoms with E-state index in [1.165, 1.54) is 82.6 Å².